The third-order valence-corrected chi connectivity index (χ3v) is 5.77. The maximum atomic E-state index is 14.3. The largest absolute Gasteiger partial charge is 0.494 e. The summed E-state index contributed by atoms with van der Waals surface area (Å²) in [5.41, 5.74) is 4.06. The highest BCUT2D eigenvalue weighted by Crippen LogP contribution is 2.33. The van der Waals surface area contributed by atoms with E-state index in [1.54, 1.807) is 42.5 Å². The van der Waals surface area contributed by atoms with Crippen LogP contribution in [0.15, 0.2) is 72.4 Å². The van der Waals surface area contributed by atoms with E-state index >= 15 is 0 Å². The molecular weight excluding hydrogens is 419 g/mol. The molecule has 0 fully saturated rings. The lowest BCUT2D eigenvalue weighted by atomic mass is 10.0. The predicted molar refractivity (Wildman–Crippen MR) is 126 cm³/mol. The first-order valence-corrected chi connectivity index (χ1v) is 10.8. The van der Waals surface area contributed by atoms with Gasteiger partial charge in [-0.25, -0.2) is 4.39 Å². The maximum absolute atomic E-state index is 14.3. The summed E-state index contributed by atoms with van der Waals surface area (Å²) in [6.07, 6.45) is 0. The number of aryl methyl sites for hydroxylation is 1. The van der Waals surface area contributed by atoms with Crippen LogP contribution in [-0.4, -0.2) is 23.3 Å². The van der Waals surface area contributed by atoms with Crippen LogP contribution in [-0.2, 0) is 16.1 Å². The minimum atomic E-state index is -0.493. The van der Waals surface area contributed by atoms with Gasteiger partial charge in [-0.15, -0.1) is 0 Å². The van der Waals surface area contributed by atoms with Crippen LogP contribution in [0.4, 0.5) is 10.1 Å². The average molecular weight is 445 g/mol. The summed E-state index contributed by atoms with van der Waals surface area (Å²) in [5, 5.41) is 3.19. The third kappa shape index (κ3) is 4.37. The van der Waals surface area contributed by atoms with E-state index in [0.717, 1.165) is 21.7 Å². The van der Waals surface area contributed by atoms with Crippen LogP contribution in [0.3, 0.4) is 0 Å². The first-order valence-electron chi connectivity index (χ1n) is 10.8. The van der Waals surface area contributed by atoms with Gasteiger partial charge in [-0.2, -0.15) is 0 Å². The summed E-state index contributed by atoms with van der Waals surface area (Å²) < 4.78 is 19.8. The molecule has 0 saturated carbocycles. The quantitative estimate of drug-likeness (QED) is 0.507. The second-order valence-electron chi connectivity index (χ2n) is 7.87. The fourth-order valence-corrected chi connectivity index (χ4v) is 3.81. The summed E-state index contributed by atoms with van der Waals surface area (Å²) in [4.78, 5) is 28.0. The Kier molecular flexibility index (Phi) is 6.27. The number of rotatable bonds is 7. The van der Waals surface area contributed by atoms with Crippen molar-refractivity contribution in [2.75, 3.05) is 11.9 Å². The Morgan fingerprint density at radius 1 is 0.909 bits per heavy atom. The molecule has 33 heavy (non-hydrogen) atoms. The Balaban J connectivity index is 1.76. The fraction of sp³-hybridized carbons (Fsp3) is 0.185. The van der Waals surface area contributed by atoms with E-state index < -0.39 is 17.6 Å². The van der Waals surface area contributed by atoms with Gasteiger partial charge in [0.05, 0.1) is 18.7 Å². The monoisotopic (exact) mass is 444 g/mol. The van der Waals surface area contributed by atoms with E-state index in [2.05, 4.69) is 5.32 Å². The number of halogens is 1. The zero-order chi connectivity index (χ0) is 23.5. The molecule has 5 nitrogen and oxygen atoms in total. The highest BCUT2D eigenvalue weighted by molar-refractivity contribution is 6.36. The molecule has 0 aromatic heterocycles. The standard InChI is InChI=1S/C27H25FN2O3/c1-4-33-21-14-12-19(13-15-21)24-25(29-23-11-7-8-17(2)18(23)3)27(32)30(26(24)31)16-20-9-5-6-10-22(20)28/h5-15,29H,4,16H2,1-3H3. The molecule has 0 radical (unpaired) electrons. The number of anilines is 1. The number of carbonyl (C=O) groups is 2. The SMILES string of the molecule is CCOc1ccc(C2=C(Nc3cccc(C)c3C)C(=O)N(Cc3ccccc3F)C2=O)cc1. The predicted octanol–water partition coefficient (Wildman–Crippen LogP) is 5.23. The first-order chi connectivity index (χ1) is 15.9. The second kappa shape index (κ2) is 9.28. The molecule has 0 unspecified atom stereocenters. The molecule has 0 spiro atoms. The van der Waals surface area contributed by atoms with Crippen LogP contribution in [0, 0.1) is 19.7 Å². The van der Waals surface area contributed by atoms with Crippen LogP contribution >= 0.6 is 0 Å². The van der Waals surface area contributed by atoms with Gasteiger partial charge in [-0.3, -0.25) is 14.5 Å². The maximum Gasteiger partial charge on any atom is 0.278 e. The number of imide groups is 1. The number of amides is 2. The smallest absolute Gasteiger partial charge is 0.278 e. The summed E-state index contributed by atoms with van der Waals surface area (Å²) in [6.45, 7) is 6.20. The van der Waals surface area contributed by atoms with Crippen LogP contribution in [0.2, 0.25) is 0 Å². The Morgan fingerprint density at radius 2 is 1.64 bits per heavy atom. The number of hydrogen-bond acceptors (Lipinski definition) is 4. The summed E-state index contributed by atoms with van der Waals surface area (Å²) in [6, 6.07) is 18.9. The fourth-order valence-electron chi connectivity index (χ4n) is 3.81. The van der Waals surface area contributed by atoms with Crippen LogP contribution < -0.4 is 10.1 Å². The van der Waals surface area contributed by atoms with Crippen LogP contribution in [0.25, 0.3) is 5.57 Å². The lowest BCUT2D eigenvalue weighted by Gasteiger charge is -2.16. The van der Waals surface area contributed by atoms with Crippen molar-refractivity contribution in [2.24, 2.45) is 0 Å². The molecule has 0 aliphatic carbocycles. The van der Waals surface area contributed by atoms with E-state index in [-0.39, 0.29) is 23.4 Å². The van der Waals surface area contributed by atoms with Crippen molar-refractivity contribution in [3.63, 3.8) is 0 Å². The van der Waals surface area contributed by atoms with Crippen LogP contribution in [0.1, 0.15) is 29.2 Å². The highest BCUT2D eigenvalue weighted by atomic mass is 19.1. The van der Waals surface area contributed by atoms with Gasteiger partial charge >= 0.3 is 0 Å². The van der Waals surface area contributed by atoms with Crippen LogP contribution in [0.5, 0.6) is 5.75 Å². The first kappa shape index (κ1) is 22.3. The molecular formula is C27H25FN2O3. The van der Waals surface area contributed by atoms with Gasteiger partial charge in [-0.05, 0) is 61.7 Å². The van der Waals surface area contributed by atoms with Gasteiger partial charge in [0.25, 0.3) is 11.8 Å². The van der Waals surface area contributed by atoms with Gasteiger partial charge in [0.1, 0.15) is 17.3 Å². The molecule has 3 aromatic carbocycles. The van der Waals surface area contributed by atoms with E-state index in [1.807, 2.05) is 39.0 Å². The molecule has 168 valence electrons. The molecule has 0 saturated heterocycles. The van der Waals surface area contributed by atoms with Crippen molar-refractivity contribution in [1.82, 2.24) is 4.90 Å². The molecule has 1 aliphatic rings. The Hall–Kier alpha value is -3.93. The molecule has 0 bridgehead atoms. The molecule has 1 aliphatic heterocycles. The zero-order valence-corrected chi connectivity index (χ0v) is 18.8. The summed E-state index contributed by atoms with van der Waals surface area (Å²) in [7, 11) is 0. The summed E-state index contributed by atoms with van der Waals surface area (Å²) in [5.74, 6) is -0.754. The van der Waals surface area contributed by atoms with Gasteiger partial charge in [-0.1, -0.05) is 42.5 Å². The molecule has 2 amide bonds. The molecule has 6 heteroatoms. The van der Waals surface area contributed by atoms with E-state index in [9.17, 15) is 14.0 Å². The molecule has 1 N–H and O–H groups in total. The van der Waals surface area contributed by atoms with E-state index in [4.69, 9.17) is 4.74 Å². The second-order valence-corrected chi connectivity index (χ2v) is 7.87. The van der Waals surface area contributed by atoms with Gasteiger partial charge in [0.2, 0.25) is 0 Å². The number of hydrogen-bond donors (Lipinski definition) is 1. The Bertz CT molecular complexity index is 1250. The van der Waals surface area contributed by atoms with E-state index in [1.165, 1.54) is 6.07 Å². The number of benzene rings is 3. The number of nitrogens with zero attached hydrogens (tertiary/aromatic N) is 1. The number of carbonyl (C=O) groups excluding carboxylic acids is 2. The van der Waals surface area contributed by atoms with Crippen molar-refractivity contribution in [1.29, 1.82) is 0 Å². The van der Waals surface area contributed by atoms with Gasteiger partial charge < -0.3 is 10.1 Å². The van der Waals surface area contributed by atoms with Crippen molar-refractivity contribution in [3.05, 3.63) is 100 Å². The van der Waals surface area contributed by atoms with Crippen molar-refractivity contribution in [3.8, 4) is 5.75 Å². The lowest BCUT2D eigenvalue weighted by molar-refractivity contribution is -0.137. The van der Waals surface area contributed by atoms with Gasteiger partial charge in [0.15, 0.2) is 0 Å². The molecule has 0 atom stereocenters. The van der Waals surface area contributed by atoms with Crippen molar-refractivity contribution in [2.45, 2.75) is 27.3 Å². The third-order valence-electron chi connectivity index (χ3n) is 5.77. The minimum Gasteiger partial charge on any atom is -0.494 e. The number of nitrogens with one attached hydrogen (secondary N) is 1. The Labute approximate surface area is 192 Å². The molecule has 1 heterocycles. The molecule has 3 aromatic rings. The van der Waals surface area contributed by atoms with Crippen molar-refractivity contribution < 1.29 is 18.7 Å². The van der Waals surface area contributed by atoms with Crippen molar-refractivity contribution >= 4 is 23.1 Å². The zero-order valence-electron chi connectivity index (χ0n) is 18.8. The topological polar surface area (TPSA) is 58.6 Å². The lowest BCUT2D eigenvalue weighted by Crippen LogP contribution is -2.32. The normalized spacial score (nSPS) is 13.6. The average Bonchev–Trinajstić information content (AvgIpc) is 3.03. The Morgan fingerprint density at radius 3 is 2.33 bits per heavy atom. The highest BCUT2D eigenvalue weighted by Gasteiger charge is 2.39. The molecule has 4 rings (SSSR count). The van der Waals surface area contributed by atoms with E-state index in [0.29, 0.717) is 17.9 Å². The minimum absolute atomic E-state index is 0.150. The summed E-state index contributed by atoms with van der Waals surface area (Å²) >= 11 is 0. The van der Waals surface area contributed by atoms with Gasteiger partial charge in [0, 0.05) is 11.3 Å². The number of ether oxygens (including phenoxy) is 1.